The Morgan fingerprint density at radius 1 is 1.48 bits per heavy atom. The highest BCUT2D eigenvalue weighted by molar-refractivity contribution is 5.94. The zero-order valence-corrected chi connectivity index (χ0v) is 11.8. The smallest absolute Gasteiger partial charge is 0.303 e. The number of benzene rings is 1. The van der Waals surface area contributed by atoms with E-state index in [1.807, 2.05) is 0 Å². The van der Waals surface area contributed by atoms with E-state index in [1.165, 1.54) is 25.3 Å². The number of carbonyl (C=O) groups excluding carboxylic acids is 1. The van der Waals surface area contributed by atoms with Gasteiger partial charge in [-0.3, -0.25) is 9.59 Å². The topological polar surface area (TPSA) is 66.8 Å². The van der Waals surface area contributed by atoms with Gasteiger partial charge in [-0.2, -0.15) is 0 Å². The van der Waals surface area contributed by atoms with Gasteiger partial charge in [0, 0.05) is 25.1 Å². The van der Waals surface area contributed by atoms with Crippen molar-refractivity contribution in [2.45, 2.75) is 19.3 Å². The van der Waals surface area contributed by atoms with Gasteiger partial charge in [0.15, 0.2) is 11.6 Å². The van der Waals surface area contributed by atoms with Crippen LogP contribution >= 0.6 is 0 Å². The number of hydrogen-bond donors (Lipinski definition) is 1. The number of methoxy groups -OCH3 is 1. The van der Waals surface area contributed by atoms with E-state index in [1.54, 1.807) is 4.90 Å². The van der Waals surface area contributed by atoms with Gasteiger partial charge in [0.2, 0.25) is 0 Å². The number of ether oxygens (including phenoxy) is 1. The van der Waals surface area contributed by atoms with Crippen LogP contribution in [0.1, 0.15) is 29.6 Å². The number of carbonyl (C=O) groups is 2. The molecule has 1 saturated heterocycles. The molecule has 0 bridgehead atoms. The maximum Gasteiger partial charge on any atom is 0.303 e. The van der Waals surface area contributed by atoms with Crippen LogP contribution < -0.4 is 4.74 Å². The Morgan fingerprint density at radius 2 is 2.24 bits per heavy atom. The zero-order chi connectivity index (χ0) is 15.4. The minimum Gasteiger partial charge on any atom is -0.494 e. The lowest BCUT2D eigenvalue weighted by molar-refractivity contribution is -0.138. The van der Waals surface area contributed by atoms with Gasteiger partial charge in [0.05, 0.1) is 7.11 Å². The largest absolute Gasteiger partial charge is 0.494 e. The number of aliphatic carboxylic acids is 1. The Morgan fingerprint density at radius 3 is 2.90 bits per heavy atom. The van der Waals surface area contributed by atoms with E-state index >= 15 is 0 Å². The second kappa shape index (κ2) is 6.56. The van der Waals surface area contributed by atoms with Crippen molar-refractivity contribution in [1.29, 1.82) is 0 Å². The minimum absolute atomic E-state index is 0.0254. The molecule has 1 aliphatic heterocycles. The van der Waals surface area contributed by atoms with E-state index in [0.717, 1.165) is 12.8 Å². The Hall–Kier alpha value is -2.11. The third kappa shape index (κ3) is 3.71. The fourth-order valence-electron chi connectivity index (χ4n) is 2.64. The molecule has 1 amide bonds. The summed E-state index contributed by atoms with van der Waals surface area (Å²) in [5.74, 6) is -1.58. The van der Waals surface area contributed by atoms with Crippen LogP contribution in [-0.2, 0) is 4.79 Å². The van der Waals surface area contributed by atoms with Crippen molar-refractivity contribution < 1.29 is 23.8 Å². The van der Waals surface area contributed by atoms with Gasteiger partial charge in [-0.15, -0.1) is 0 Å². The summed E-state index contributed by atoms with van der Waals surface area (Å²) in [5.41, 5.74) is 0.351. The first-order chi connectivity index (χ1) is 10.0. The standard InChI is InChI=1S/C15H18FNO4/c1-21-13-8-11(4-5-12(13)16)15(20)17-6-2-3-10(9-17)7-14(18)19/h4-5,8,10H,2-3,6-7,9H2,1H3,(H,18,19). The van der Waals surface area contributed by atoms with Gasteiger partial charge >= 0.3 is 5.97 Å². The number of rotatable bonds is 4. The number of halogens is 1. The number of carboxylic acid groups (broad SMARTS) is 1. The lowest BCUT2D eigenvalue weighted by Gasteiger charge is -2.32. The summed E-state index contributed by atoms with van der Waals surface area (Å²) in [6, 6.07) is 3.99. The molecule has 1 fully saturated rings. The van der Waals surface area contributed by atoms with Gasteiger partial charge < -0.3 is 14.7 Å². The average Bonchev–Trinajstić information content (AvgIpc) is 2.46. The molecule has 1 aromatic rings. The molecule has 0 aromatic heterocycles. The molecule has 0 aliphatic carbocycles. The summed E-state index contributed by atoms with van der Waals surface area (Å²) in [7, 11) is 1.34. The van der Waals surface area contributed by atoms with Crippen molar-refractivity contribution in [1.82, 2.24) is 4.90 Å². The highest BCUT2D eigenvalue weighted by Gasteiger charge is 2.26. The number of amides is 1. The van der Waals surface area contributed by atoms with E-state index in [0.29, 0.717) is 18.7 Å². The second-order valence-corrected chi connectivity index (χ2v) is 5.21. The molecule has 1 heterocycles. The summed E-state index contributed by atoms with van der Waals surface area (Å²) in [6.45, 7) is 1.01. The molecule has 1 aromatic carbocycles. The molecule has 0 radical (unpaired) electrons. The van der Waals surface area contributed by atoms with Gasteiger partial charge in [-0.1, -0.05) is 0 Å². The first-order valence-corrected chi connectivity index (χ1v) is 6.86. The molecule has 1 N–H and O–H groups in total. The molecule has 21 heavy (non-hydrogen) atoms. The second-order valence-electron chi connectivity index (χ2n) is 5.21. The van der Waals surface area contributed by atoms with Crippen molar-refractivity contribution >= 4 is 11.9 Å². The summed E-state index contributed by atoms with van der Waals surface area (Å²) >= 11 is 0. The molecule has 1 atom stereocenters. The molecule has 0 spiro atoms. The van der Waals surface area contributed by atoms with Crippen molar-refractivity contribution in [3.8, 4) is 5.75 Å². The first-order valence-electron chi connectivity index (χ1n) is 6.86. The Balaban J connectivity index is 2.10. The summed E-state index contributed by atoms with van der Waals surface area (Å²) in [6.07, 6.45) is 1.65. The van der Waals surface area contributed by atoms with Crippen LogP contribution in [0.15, 0.2) is 18.2 Å². The summed E-state index contributed by atoms with van der Waals surface area (Å²) < 4.78 is 18.2. The van der Waals surface area contributed by atoms with E-state index in [2.05, 4.69) is 0 Å². The molecule has 6 heteroatoms. The quantitative estimate of drug-likeness (QED) is 0.924. The van der Waals surface area contributed by atoms with Crippen molar-refractivity contribution in [2.24, 2.45) is 5.92 Å². The molecular weight excluding hydrogens is 277 g/mol. The Kier molecular flexibility index (Phi) is 4.77. The average molecular weight is 295 g/mol. The van der Waals surface area contributed by atoms with Crippen LogP contribution in [0, 0.1) is 11.7 Å². The van der Waals surface area contributed by atoms with Crippen LogP contribution in [-0.4, -0.2) is 42.1 Å². The van der Waals surface area contributed by atoms with E-state index < -0.39 is 11.8 Å². The molecule has 2 rings (SSSR count). The lowest BCUT2D eigenvalue weighted by Crippen LogP contribution is -2.40. The number of piperidine rings is 1. The van der Waals surface area contributed by atoms with Crippen LogP contribution in [0.4, 0.5) is 4.39 Å². The van der Waals surface area contributed by atoms with E-state index in [-0.39, 0.29) is 24.0 Å². The highest BCUT2D eigenvalue weighted by Crippen LogP contribution is 2.23. The Bertz CT molecular complexity index is 546. The molecule has 0 saturated carbocycles. The van der Waals surface area contributed by atoms with E-state index in [9.17, 15) is 14.0 Å². The Labute approximate surface area is 122 Å². The normalized spacial score (nSPS) is 18.4. The zero-order valence-electron chi connectivity index (χ0n) is 11.8. The fraction of sp³-hybridized carbons (Fsp3) is 0.467. The van der Waals surface area contributed by atoms with Crippen LogP contribution in [0.25, 0.3) is 0 Å². The van der Waals surface area contributed by atoms with Crippen LogP contribution in [0.2, 0.25) is 0 Å². The fourth-order valence-corrected chi connectivity index (χ4v) is 2.64. The molecule has 1 unspecified atom stereocenters. The van der Waals surface area contributed by atoms with Gasteiger partial charge in [0.25, 0.3) is 5.91 Å². The summed E-state index contributed by atoms with van der Waals surface area (Å²) in [5, 5.41) is 8.84. The SMILES string of the molecule is COc1cc(C(=O)N2CCCC(CC(=O)O)C2)ccc1F. The van der Waals surface area contributed by atoms with Crippen LogP contribution in [0.3, 0.4) is 0 Å². The predicted molar refractivity (Wildman–Crippen MR) is 73.8 cm³/mol. The molecular formula is C15H18FNO4. The number of nitrogens with zero attached hydrogens (tertiary/aromatic N) is 1. The maximum absolute atomic E-state index is 13.4. The third-order valence-corrected chi connectivity index (χ3v) is 3.67. The molecule has 5 nitrogen and oxygen atoms in total. The highest BCUT2D eigenvalue weighted by atomic mass is 19.1. The van der Waals surface area contributed by atoms with Crippen molar-refractivity contribution in [3.63, 3.8) is 0 Å². The van der Waals surface area contributed by atoms with Gasteiger partial charge in [-0.05, 0) is 37.0 Å². The van der Waals surface area contributed by atoms with Crippen molar-refractivity contribution in [2.75, 3.05) is 20.2 Å². The van der Waals surface area contributed by atoms with Gasteiger partial charge in [-0.25, -0.2) is 4.39 Å². The van der Waals surface area contributed by atoms with Crippen LogP contribution in [0.5, 0.6) is 5.75 Å². The summed E-state index contributed by atoms with van der Waals surface area (Å²) in [4.78, 5) is 24.8. The lowest BCUT2D eigenvalue weighted by atomic mass is 9.94. The monoisotopic (exact) mass is 295 g/mol. The molecule has 114 valence electrons. The van der Waals surface area contributed by atoms with Crippen molar-refractivity contribution in [3.05, 3.63) is 29.6 Å². The maximum atomic E-state index is 13.4. The number of carboxylic acids is 1. The minimum atomic E-state index is -0.849. The van der Waals surface area contributed by atoms with Gasteiger partial charge in [0.1, 0.15) is 0 Å². The third-order valence-electron chi connectivity index (χ3n) is 3.67. The number of likely N-dealkylation sites (tertiary alicyclic amines) is 1. The predicted octanol–water partition coefficient (Wildman–Crippen LogP) is 2.16. The molecule has 1 aliphatic rings. The first kappa shape index (κ1) is 15.3. The van der Waals surface area contributed by atoms with E-state index in [4.69, 9.17) is 9.84 Å². The number of hydrogen-bond acceptors (Lipinski definition) is 3.